The van der Waals surface area contributed by atoms with Crippen molar-refractivity contribution in [3.05, 3.63) is 48.4 Å². The second kappa shape index (κ2) is 5.07. The molecule has 0 bridgehead atoms. The standard InChI is InChI=1S/C12H12N2O3/c13-9-3-1-4-10(7-9)14-12(15)17-8-11-5-2-6-16-11/h1-7H,8,13H2,(H,14,15). The largest absolute Gasteiger partial charge is 0.466 e. The van der Waals surface area contributed by atoms with Gasteiger partial charge >= 0.3 is 6.09 Å². The number of benzene rings is 1. The summed E-state index contributed by atoms with van der Waals surface area (Å²) >= 11 is 0. The van der Waals surface area contributed by atoms with Crippen molar-refractivity contribution in [3.63, 3.8) is 0 Å². The van der Waals surface area contributed by atoms with Crippen LogP contribution < -0.4 is 11.1 Å². The zero-order valence-corrected chi connectivity index (χ0v) is 9.05. The molecular formula is C12H12N2O3. The van der Waals surface area contributed by atoms with Crippen LogP contribution in [0.4, 0.5) is 16.2 Å². The molecule has 0 aliphatic heterocycles. The average molecular weight is 232 g/mol. The summed E-state index contributed by atoms with van der Waals surface area (Å²) in [5.74, 6) is 0.590. The average Bonchev–Trinajstić information content (AvgIpc) is 2.79. The number of nitrogens with one attached hydrogen (secondary N) is 1. The lowest BCUT2D eigenvalue weighted by Crippen LogP contribution is -2.13. The van der Waals surface area contributed by atoms with Gasteiger partial charge in [0.1, 0.15) is 5.76 Å². The summed E-state index contributed by atoms with van der Waals surface area (Å²) in [6.45, 7) is 0.0984. The highest BCUT2D eigenvalue weighted by Gasteiger charge is 2.04. The molecule has 5 nitrogen and oxygen atoms in total. The van der Waals surface area contributed by atoms with Crippen molar-refractivity contribution < 1.29 is 13.9 Å². The van der Waals surface area contributed by atoms with E-state index in [4.69, 9.17) is 14.9 Å². The first-order valence-electron chi connectivity index (χ1n) is 5.06. The number of amides is 1. The molecule has 17 heavy (non-hydrogen) atoms. The molecule has 2 aromatic rings. The van der Waals surface area contributed by atoms with Crippen LogP contribution in [0.3, 0.4) is 0 Å². The third-order valence-electron chi connectivity index (χ3n) is 2.06. The van der Waals surface area contributed by atoms with Gasteiger partial charge in [-0.1, -0.05) is 6.07 Å². The number of rotatable bonds is 3. The Morgan fingerprint density at radius 1 is 1.35 bits per heavy atom. The van der Waals surface area contributed by atoms with Crippen LogP contribution in [0.25, 0.3) is 0 Å². The van der Waals surface area contributed by atoms with Crippen molar-refractivity contribution in [2.45, 2.75) is 6.61 Å². The summed E-state index contributed by atoms with van der Waals surface area (Å²) in [7, 11) is 0. The maximum atomic E-state index is 11.4. The monoisotopic (exact) mass is 232 g/mol. The quantitative estimate of drug-likeness (QED) is 0.797. The van der Waals surface area contributed by atoms with E-state index in [-0.39, 0.29) is 6.61 Å². The van der Waals surface area contributed by atoms with Crippen molar-refractivity contribution >= 4 is 17.5 Å². The zero-order chi connectivity index (χ0) is 12.1. The van der Waals surface area contributed by atoms with E-state index >= 15 is 0 Å². The van der Waals surface area contributed by atoms with E-state index in [0.29, 0.717) is 17.1 Å². The Morgan fingerprint density at radius 2 is 2.24 bits per heavy atom. The molecule has 0 saturated heterocycles. The smallest absolute Gasteiger partial charge is 0.412 e. The molecule has 0 spiro atoms. The van der Waals surface area contributed by atoms with Gasteiger partial charge in [-0.2, -0.15) is 0 Å². The van der Waals surface area contributed by atoms with E-state index in [1.54, 1.807) is 36.4 Å². The van der Waals surface area contributed by atoms with Gasteiger partial charge in [0.05, 0.1) is 6.26 Å². The highest BCUT2D eigenvalue weighted by Crippen LogP contribution is 2.12. The van der Waals surface area contributed by atoms with Crippen molar-refractivity contribution in [3.8, 4) is 0 Å². The Kier molecular flexibility index (Phi) is 3.30. The number of furan rings is 1. The second-order valence-corrected chi connectivity index (χ2v) is 3.41. The minimum atomic E-state index is -0.549. The topological polar surface area (TPSA) is 77.5 Å². The van der Waals surface area contributed by atoms with Gasteiger partial charge in [-0.15, -0.1) is 0 Å². The Labute approximate surface area is 98.2 Å². The van der Waals surface area contributed by atoms with E-state index in [2.05, 4.69) is 5.32 Å². The second-order valence-electron chi connectivity index (χ2n) is 3.41. The van der Waals surface area contributed by atoms with Gasteiger partial charge in [-0.3, -0.25) is 5.32 Å². The molecular weight excluding hydrogens is 220 g/mol. The van der Waals surface area contributed by atoms with E-state index < -0.39 is 6.09 Å². The zero-order valence-electron chi connectivity index (χ0n) is 9.05. The van der Waals surface area contributed by atoms with Gasteiger partial charge in [0.2, 0.25) is 0 Å². The number of carbonyl (C=O) groups is 1. The first kappa shape index (κ1) is 11.1. The summed E-state index contributed by atoms with van der Waals surface area (Å²) < 4.78 is 9.97. The van der Waals surface area contributed by atoms with Crippen molar-refractivity contribution in [2.75, 3.05) is 11.1 Å². The van der Waals surface area contributed by atoms with Gasteiger partial charge in [0, 0.05) is 11.4 Å². The molecule has 0 aliphatic rings. The van der Waals surface area contributed by atoms with Crippen LogP contribution in [-0.2, 0) is 11.3 Å². The predicted molar refractivity (Wildman–Crippen MR) is 63.4 cm³/mol. The molecule has 0 fully saturated rings. The Morgan fingerprint density at radius 3 is 2.94 bits per heavy atom. The molecule has 1 heterocycles. The van der Waals surface area contributed by atoms with Crippen LogP contribution in [-0.4, -0.2) is 6.09 Å². The van der Waals surface area contributed by atoms with E-state index in [1.807, 2.05) is 0 Å². The normalized spacial score (nSPS) is 9.88. The summed E-state index contributed by atoms with van der Waals surface area (Å²) in [6, 6.07) is 10.3. The summed E-state index contributed by atoms with van der Waals surface area (Å²) in [5.41, 5.74) is 6.75. The van der Waals surface area contributed by atoms with Crippen LogP contribution in [0.5, 0.6) is 0 Å². The van der Waals surface area contributed by atoms with Crippen LogP contribution in [0.1, 0.15) is 5.76 Å². The minimum absolute atomic E-state index is 0.0984. The third-order valence-corrected chi connectivity index (χ3v) is 2.06. The van der Waals surface area contributed by atoms with Crippen molar-refractivity contribution in [1.82, 2.24) is 0 Å². The maximum absolute atomic E-state index is 11.4. The Bertz CT molecular complexity index is 494. The number of ether oxygens (including phenoxy) is 1. The number of nitrogen functional groups attached to an aromatic ring is 1. The van der Waals surface area contributed by atoms with Crippen LogP contribution >= 0.6 is 0 Å². The number of carbonyl (C=O) groups excluding carboxylic acids is 1. The Hall–Kier alpha value is -2.43. The molecule has 88 valence electrons. The predicted octanol–water partition coefficient (Wildman–Crippen LogP) is 2.61. The van der Waals surface area contributed by atoms with Crippen LogP contribution in [0.15, 0.2) is 47.1 Å². The highest BCUT2D eigenvalue weighted by atomic mass is 16.6. The van der Waals surface area contributed by atoms with Crippen LogP contribution in [0, 0.1) is 0 Å². The first-order valence-corrected chi connectivity index (χ1v) is 5.06. The third kappa shape index (κ3) is 3.27. The molecule has 0 aliphatic carbocycles. The fraction of sp³-hybridized carbons (Fsp3) is 0.0833. The fourth-order valence-electron chi connectivity index (χ4n) is 1.30. The van der Waals surface area contributed by atoms with Gasteiger partial charge in [-0.05, 0) is 30.3 Å². The van der Waals surface area contributed by atoms with E-state index in [1.165, 1.54) is 6.26 Å². The molecule has 1 aromatic carbocycles. The first-order chi connectivity index (χ1) is 8.24. The van der Waals surface area contributed by atoms with Gasteiger partial charge in [0.25, 0.3) is 0 Å². The minimum Gasteiger partial charge on any atom is -0.466 e. The summed E-state index contributed by atoms with van der Waals surface area (Å²) in [6.07, 6.45) is 0.973. The highest BCUT2D eigenvalue weighted by molar-refractivity contribution is 5.85. The molecule has 3 N–H and O–H groups in total. The summed E-state index contributed by atoms with van der Waals surface area (Å²) in [4.78, 5) is 11.4. The molecule has 0 saturated carbocycles. The lowest BCUT2D eigenvalue weighted by atomic mass is 10.3. The SMILES string of the molecule is Nc1cccc(NC(=O)OCc2ccco2)c1. The van der Waals surface area contributed by atoms with E-state index in [9.17, 15) is 4.79 Å². The number of hydrogen-bond donors (Lipinski definition) is 2. The molecule has 1 aromatic heterocycles. The molecule has 0 radical (unpaired) electrons. The lowest BCUT2D eigenvalue weighted by Gasteiger charge is -2.06. The van der Waals surface area contributed by atoms with E-state index in [0.717, 1.165) is 0 Å². The molecule has 2 rings (SSSR count). The van der Waals surface area contributed by atoms with Gasteiger partial charge in [-0.25, -0.2) is 4.79 Å². The number of nitrogens with two attached hydrogens (primary N) is 1. The van der Waals surface area contributed by atoms with Gasteiger partial charge in [0.15, 0.2) is 6.61 Å². The molecule has 1 amide bonds. The number of hydrogen-bond acceptors (Lipinski definition) is 4. The lowest BCUT2D eigenvalue weighted by molar-refractivity contribution is 0.146. The molecule has 5 heteroatoms. The summed E-state index contributed by atoms with van der Waals surface area (Å²) in [5, 5.41) is 2.56. The maximum Gasteiger partial charge on any atom is 0.412 e. The fourth-order valence-corrected chi connectivity index (χ4v) is 1.30. The molecule has 0 atom stereocenters. The van der Waals surface area contributed by atoms with Crippen molar-refractivity contribution in [2.24, 2.45) is 0 Å². The van der Waals surface area contributed by atoms with Crippen LogP contribution in [0.2, 0.25) is 0 Å². The molecule has 0 unspecified atom stereocenters. The Balaban J connectivity index is 1.85. The van der Waals surface area contributed by atoms with Gasteiger partial charge < -0.3 is 14.9 Å². The van der Waals surface area contributed by atoms with Crippen molar-refractivity contribution in [1.29, 1.82) is 0 Å². The number of anilines is 2.